The van der Waals surface area contributed by atoms with Crippen molar-refractivity contribution in [1.29, 1.82) is 0 Å². The minimum absolute atomic E-state index is 0.0163. The summed E-state index contributed by atoms with van der Waals surface area (Å²) in [4.78, 5) is 48.8. The number of ether oxygens (including phenoxy) is 5. The molecule has 0 spiro atoms. The van der Waals surface area contributed by atoms with Crippen LogP contribution in [0.4, 0.5) is 27.4 Å². The van der Waals surface area contributed by atoms with Crippen LogP contribution in [0.2, 0.25) is 0 Å². The van der Waals surface area contributed by atoms with Gasteiger partial charge in [-0.1, -0.05) is 0 Å². The van der Waals surface area contributed by atoms with Gasteiger partial charge in [-0.25, -0.2) is 9.59 Å². The number of hydrogen-bond acceptors (Lipinski definition) is 18. The zero-order valence-corrected chi connectivity index (χ0v) is 28.8. The molecule has 2 saturated heterocycles. The van der Waals surface area contributed by atoms with Crippen LogP contribution >= 0.6 is 0 Å². The van der Waals surface area contributed by atoms with Crippen LogP contribution in [0.1, 0.15) is 0 Å². The number of methoxy groups -OCH3 is 5. The van der Waals surface area contributed by atoms with Crippen molar-refractivity contribution >= 4 is 29.9 Å². The maximum Gasteiger partial charge on any atom is 0.325 e. The topological polar surface area (TPSA) is 243 Å². The van der Waals surface area contributed by atoms with Crippen molar-refractivity contribution in [2.45, 2.75) is 12.3 Å². The van der Waals surface area contributed by atoms with E-state index < -0.39 is 12.3 Å². The highest BCUT2D eigenvalue weighted by Gasteiger charge is 2.58. The lowest BCUT2D eigenvalue weighted by atomic mass is 10.3. The number of rotatable bonds is 23. The molecule has 2 aliphatic heterocycles. The number of fused-ring (bicyclic) bond motifs is 1. The molecule has 0 atom stereocenters. The molecule has 22 nitrogen and oxygen atoms in total. The summed E-state index contributed by atoms with van der Waals surface area (Å²) in [6, 6.07) is -0.662. The minimum Gasteiger partial charge on any atom is -0.395 e. The number of carbonyl (C=O) groups is 2. The van der Waals surface area contributed by atoms with Gasteiger partial charge in [0.2, 0.25) is 17.8 Å². The van der Waals surface area contributed by atoms with Gasteiger partial charge in [0.15, 0.2) is 6.17 Å². The molecule has 5 N–H and O–H groups in total. The fourth-order valence-corrected chi connectivity index (χ4v) is 5.26. The third-order valence-electron chi connectivity index (χ3n) is 7.16. The van der Waals surface area contributed by atoms with Gasteiger partial charge in [0.25, 0.3) is 0 Å². The van der Waals surface area contributed by atoms with Gasteiger partial charge in [0.05, 0.1) is 33.0 Å². The monoisotopic (exact) mass is 708 g/mol. The second kappa shape index (κ2) is 22.3. The standard InChI is InChI=1S/C15H30N6O6.C12H22N4O6/c1-25-10-20(6-9-24)14-16-13(19(4-7-22)5-8-23)17-15(18-14)21(11-26-2)12-27-3;1-21-7-15-10-9(13(3-5-17)11(15)19)14(4-6-18)12(20)16(10)8-22-2/h22-24H,4-12H2,1-3H3;9-10,17-18H,3-8H2,1-2H3. The van der Waals surface area contributed by atoms with Crippen LogP contribution in [-0.2, 0) is 23.7 Å². The number of amides is 4. The molecule has 2 aliphatic rings. The van der Waals surface area contributed by atoms with Gasteiger partial charge in [-0.3, -0.25) is 24.5 Å². The Balaban J connectivity index is 0.000000347. The molecule has 0 aliphatic carbocycles. The van der Waals surface area contributed by atoms with E-state index in [-0.39, 0.29) is 123 Å². The first-order valence-corrected chi connectivity index (χ1v) is 15.4. The van der Waals surface area contributed by atoms with Gasteiger partial charge < -0.3 is 59.0 Å². The van der Waals surface area contributed by atoms with E-state index in [0.717, 1.165) is 0 Å². The Labute approximate surface area is 285 Å². The molecule has 1 aromatic heterocycles. The van der Waals surface area contributed by atoms with Crippen LogP contribution in [0.5, 0.6) is 0 Å². The van der Waals surface area contributed by atoms with Crippen molar-refractivity contribution in [3.8, 4) is 0 Å². The van der Waals surface area contributed by atoms with Crippen LogP contribution in [0.25, 0.3) is 0 Å². The second-order valence-electron chi connectivity index (χ2n) is 10.5. The van der Waals surface area contributed by atoms with E-state index in [0.29, 0.717) is 5.95 Å². The highest BCUT2D eigenvalue weighted by molar-refractivity contribution is 5.85. The lowest BCUT2D eigenvalue weighted by Crippen LogP contribution is -2.48. The highest BCUT2D eigenvalue weighted by atomic mass is 16.5. The van der Waals surface area contributed by atoms with Crippen molar-refractivity contribution < 1.29 is 58.8 Å². The first-order valence-electron chi connectivity index (χ1n) is 15.4. The average Bonchev–Trinajstić information content (AvgIpc) is 3.50. The molecule has 0 radical (unpaired) electrons. The van der Waals surface area contributed by atoms with Crippen LogP contribution in [0, 0.1) is 0 Å². The smallest absolute Gasteiger partial charge is 0.325 e. The Morgan fingerprint density at radius 2 is 0.857 bits per heavy atom. The quantitative estimate of drug-likeness (QED) is 0.0689. The van der Waals surface area contributed by atoms with Crippen molar-refractivity contribution in [1.82, 2.24) is 34.6 Å². The van der Waals surface area contributed by atoms with E-state index in [4.69, 9.17) is 23.7 Å². The fourth-order valence-electron chi connectivity index (χ4n) is 5.26. The Kier molecular flexibility index (Phi) is 19.0. The summed E-state index contributed by atoms with van der Waals surface area (Å²) in [5.74, 6) is 0.844. The molecule has 3 rings (SSSR count). The maximum absolute atomic E-state index is 12.5. The first kappa shape index (κ1) is 41.7. The van der Waals surface area contributed by atoms with Crippen LogP contribution in [-0.4, -0.2) is 219 Å². The Morgan fingerprint density at radius 1 is 0.510 bits per heavy atom. The average molecular weight is 709 g/mol. The third kappa shape index (κ3) is 10.8. The number of β-amino-alcohol motifs (C(OH)–C–C–N with tert-alkyl or cyclic N) is 2. The molecule has 22 heteroatoms. The van der Waals surface area contributed by atoms with Crippen molar-refractivity contribution in [2.75, 3.05) is 150 Å². The van der Waals surface area contributed by atoms with Gasteiger partial charge in [0, 0.05) is 68.3 Å². The normalized spacial score (nSPS) is 17.1. The minimum atomic E-state index is -0.593. The zero-order valence-electron chi connectivity index (χ0n) is 28.8. The zero-order chi connectivity index (χ0) is 36.3. The van der Waals surface area contributed by atoms with Crippen LogP contribution in [0.3, 0.4) is 0 Å². The summed E-state index contributed by atoms with van der Waals surface area (Å²) in [7, 11) is 7.52. The Morgan fingerprint density at radius 3 is 1.22 bits per heavy atom. The molecule has 0 bridgehead atoms. The van der Waals surface area contributed by atoms with E-state index in [1.54, 1.807) is 28.9 Å². The highest BCUT2D eigenvalue weighted by Crippen LogP contribution is 2.34. The number of carbonyl (C=O) groups excluding carboxylic acids is 2. The fraction of sp³-hybridized carbons (Fsp3) is 0.815. The van der Waals surface area contributed by atoms with E-state index in [9.17, 15) is 35.1 Å². The van der Waals surface area contributed by atoms with Gasteiger partial charge in [-0.2, -0.15) is 15.0 Å². The van der Waals surface area contributed by atoms with Gasteiger partial charge in [0.1, 0.15) is 39.8 Å². The second-order valence-corrected chi connectivity index (χ2v) is 10.5. The van der Waals surface area contributed by atoms with Crippen molar-refractivity contribution in [2.24, 2.45) is 0 Å². The van der Waals surface area contributed by atoms with E-state index in [2.05, 4.69) is 15.0 Å². The van der Waals surface area contributed by atoms with Crippen LogP contribution < -0.4 is 14.7 Å². The lowest BCUT2D eigenvalue weighted by Gasteiger charge is -2.28. The van der Waals surface area contributed by atoms with Gasteiger partial charge >= 0.3 is 12.1 Å². The van der Waals surface area contributed by atoms with E-state index in [1.807, 2.05) is 0 Å². The first-order chi connectivity index (χ1) is 23.8. The molecule has 4 amide bonds. The Hall–Kier alpha value is -3.45. The molecule has 0 aromatic carbocycles. The Bertz CT molecular complexity index is 943. The van der Waals surface area contributed by atoms with Gasteiger partial charge in [-0.15, -0.1) is 0 Å². The number of nitrogens with zero attached hydrogens (tertiary/aromatic N) is 10. The summed E-state index contributed by atoms with van der Waals surface area (Å²) in [5.41, 5.74) is 0. The molecule has 282 valence electrons. The van der Waals surface area contributed by atoms with Crippen LogP contribution in [0.15, 0.2) is 0 Å². The molecule has 1 aromatic rings. The van der Waals surface area contributed by atoms with E-state index in [1.165, 1.54) is 40.9 Å². The van der Waals surface area contributed by atoms with E-state index >= 15 is 0 Å². The SMILES string of the molecule is COCN(CCO)c1nc(N(CCO)CCO)nc(N(COC)COC)n1.COCN1C(=O)N(CCO)C2C1N(COC)C(=O)N2CCO. The summed E-state index contributed by atoms with van der Waals surface area (Å²) in [6.07, 6.45) is -1.18. The number of aromatic nitrogens is 3. The summed E-state index contributed by atoms with van der Waals surface area (Å²) in [6.45, 7) is 0.662. The predicted octanol–water partition coefficient (Wildman–Crippen LogP) is -3.61. The largest absolute Gasteiger partial charge is 0.395 e. The van der Waals surface area contributed by atoms with Crippen molar-refractivity contribution in [3.63, 3.8) is 0 Å². The summed E-state index contributed by atoms with van der Waals surface area (Å²) < 4.78 is 25.6. The molecule has 0 unspecified atom stereocenters. The number of anilines is 3. The third-order valence-corrected chi connectivity index (χ3v) is 7.16. The molecule has 49 heavy (non-hydrogen) atoms. The number of hydrogen-bond donors (Lipinski definition) is 5. The lowest BCUT2D eigenvalue weighted by molar-refractivity contribution is -0.00263. The number of aliphatic hydroxyl groups is 5. The summed E-state index contributed by atoms with van der Waals surface area (Å²) in [5, 5.41) is 46.3. The molecule has 3 heterocycles. The molecule has 2 fully saturated rings. The molecular formula is C27H52N10O12. The number of aliphatic hydroxyl groups excluding tert-OH is 5. The number of urea groups is 2. The van der Waals surface area contributed by atoms with Crippen molar-refractivity contribution in [3.05, 3.63) is 0 Å². The van der Waals surface area contributed by atoms with Gasteiger partial charge in [-0.05, 0) is 0 Å². The molecule has 0 saturated carbocycles. The maximum atomic E-state index is 12.5. The molecular weight excluding hydrogens is 656 g/mol. The predicted molar refractivity (Wildman–Crippen MR) is 172 cm³/mol. The summed E-state index contributed by atoms with van der Waals surface area (Å²) >= 11 is 0.